The van der Waals surface area contributed by atoms with Gasteiger partial charge in [-0.25, -0.2) is 0 Å². The molecule has 2 saturated carbocycles. The molecule has 0 aromatic rings. The van der Waals surface area contributed by atoms with Crippen molar-refractivity contribution >= 4 is 15.9 Å². The average molecular weight is 274 g/mol. The standard InChI is InChI=1S/C13H24BrN/c1-2-15(9-12-5-6-12)11-13(10-14)7-3-4-8-13/h12H,2-11H2,1H3. The van der Waals surface area contributed by atoms with E-state index in [1.807, 2.05) is 0 Å². The molecule has 1 nitrogen and oxygen atoms in total. The zero-order valence-electron chi connectivity index (χ0n) is 9.97. The Labute approximate surface area is 103 Å². The van der Waals surface area contributed by atoms with Gasteiger partial charge in [0.2, 0.25) is 0 Å². The third-order valence-electron chi connectivity index (χ3n) is 4.17. The molecule has 2 aliphatic carbocycles. The zero-order chi connectivity index (χ0) is 10.7. The molecule has 2 fully saturated rings. The van der Waals surface area contributed by atoms with E-state index in [0.717, 1.165) is 5.92 Å². The van der Waals surface area contributed by atoms with Crippen molar-refractivity contribution in [1.29, 1.82) is 0 Å². The van der Waals surface area contributed by atoms with Gasteiger partial charge in [-0.05, 0) is 43.6 Å². The second-order valence-electron chi connectivity index (χ2n) is 5.61. The average Bonchev–Trinajstić information content (AvgIpc) is 2.95. The van der Waals surface area contributed by atoms with E-state index in [2.05, 4.69) is 27.8 Å². The molecule has 0 saturated heterocycles. The maximum Gasteiger partial charge on any atom is 0.0100 e. The summed E-state index contributed by atoms with van der Waals surface area (Å²) >= 11 is 3.75. The van der Waals surface area contributed by atoms with E-state index in [9.17, 15) is 0 Å². The lowest BCUT2D eigenvalue weighted by atomic mass is 9.88. The lowest BCUT2D eigenvalue weighted by molar-refractivity contribution is 0.173. The summed E-state index contributed by atoms with van der Waals surface area (Å²) in [5.41, 5.74) is 0.616. The van der Waals surface area contributed by atoms with Crippen LogP contribution in [-0.2, 0) is 0 Å². The third kappa shape index (κ3) is 3.20. The molecular formula is C13H24BrN. The van der Waals surface area contributed by atoms with Crippen LogP contribution in [0.5, 0.6) is 0 Å². The van der Waals surface area contributed by atoms with Crippen molar-refractivity contribution in [2.24, 2.45) is 11.3 Å². The Kier molecular flexibility index (Phi) is 4.11. The molecule has 0 unspecified atom stereocenters. The lowest BCUT2D eigenvalue weighted by Gasteiger charge is -2.33. The maximum atomic E-state index is 3.75. The summed E-state index contributed by atoms with van der Waals surface area (Å²) in [6, 6.07) is 0. The van der Waals surface area contributed by atoms with Gasteiger partial charge in [-0.1, -0.05) is 35.7 Å². The first-order valence-electron chi connectivity index (χ1n) is 6.56. The minimum absolute atomic E-state index is 0.616. The van der Waals surface area contributed by atoms with Crippen molar-refractivity contribution in [3.05, 3.63) is 0 Å². The van der Waals surface area contributed by atoms with E-state index in [1.54, 1.807) is 0 Å². The Morgan fingerprint density at radius 1 is 1.27 bits per heavy atom. The molecule has 0 aromatic carbocycles. The molecule has 0 heterocycles. The Morgan fingerprint density at radius 2 is 1.93 bits per heavy atom. The summed E-state index contributed by atoms with van der Waals surface area (Å²) < 4.78 is 0. The number of halogens is 1. The van der Waals surface area contributed by atoms with Crippen LogP contribution in [-0.4, -0.2) is 29.9 Å². The van der Waals surface area contributed by atoms with E-state index in [4.69, 9.17) is 0 Å². The highest BCUT2D eigenvalue weighted by Gasteiger charge is 2.35. The van der Waals surface area contributed by atoms with Gasteiger partial charge in [-0.2, -0.15) is 0 Å². The Bertz CT molecular complexity index is 195. The second-order valence-corrected chi connectivity index (χ2v) is 6.17. The normalized spacial score (nSPS) is 25.0. The van der Waals surface area contributed by atoms with Crippen LogP contribution in [0.2, 0.25) is 0 Å². The van der Waals surface area contributed by atoms with E-state index >= 15 is 0 Å². The predicted molar refractivity (Wildman–Crippen MR) is 69.5 cm³/mol. The molecule has 0 atom stereocenters. The van der Waals surface area contributed by atoms with Gasteiger partial charge < -0.3 is 4.90 Å². The smallest absolute Gasteiger partial charge is 0.0100 e. The van der Waals surface area contributed by atoms with E-state index < -0.39 is 0 Å². The topological polar surface area (TPSA) is 3.24 Å². The molecule has 0 bridgehead atoms. The quantitative estimate of drug-likeness (QED) is 0.668. The Hall–Kier alpha value is 0.440. The summed E-state index contributed by atoms with van der Waals surface area (Å²) in [4.78, 5) is 2.70. The summed E-state index contributed by atoms with van der Waals surface area (Å²) in [6.07, 6.45) is 8.76. The van der Waals surface area contributed by atoms with Crippen LogP contribution in [0.1, 0.15) is 45.4 Å². The van der Waals surface area contributed by atoms with Crippen molar-refractivity contribution < 1.29 is 0 Å². The maximum absolute atomic E-state index is 3.75. The van der Waals surface area contributed by atoms with Crippen molar-refractivity contribution in [2.45, 2.75) is 45.4 Å². The predicted octanol–water partition coefficient (Wildman–Crippen LogP) is 3.67. The second kappa shape index (κ2) is 5.18. The fourth-order valence-electron chi connectivity index (χ4n) is 2.90. The van der Waals surface area contributed by atoms with Crippen LogP contribution in [0.3, 0.4) is 0 Å². The van der Waals surface area contributed by atoms with Crippen LogP contribution in [0.25, 0.3) is 0 Å². The van der Waals surface area contributed by atoms with Gasteiger partial charge in [0.1, 0.15) is 0 Å². The van der Waals surface area contributed by atoms with Gasteiger partial charge in [-0.15, -0.1) is 0 Å². The van der Waals surface area contributed by atoms with Crippen LogP contribution in [0.15, 0.2) is 0 Å². The molecule has 0 N–H and O–H groups in total. The summed E-state index contributed by atoms with van der Waals surface area (Å²) in [6.45, 7) is 6.26. The number of nitrogens with zero attached hydrogens (tertiary/aromatic N) is 1. The van der Waals surface area contributed by atoms with E-state index in [1.165, 1.54) is 63.5 Å². The van der Waals surface area contributed by atoms with Crippen LogP contribution in [0.4, 0.5) is 0 Å². The highest BCUT2D eigenvalue weighted by atomic mass is 79.9. The molecule has 0 spiro atoms. The van der Waals surface area contributed by atoms with Gasteiger partial charge >= 0.3 is 0 Å². The minimum Gasteiger partial charge on any atom is -0.303 e. The van der Waals surface area contributed by atoms with E-state index in [-0.39, 0.29) is 0 Å². The zero-order valence-corrected chi connectivity index (χ0v) is 11.6. The SMILES string of the molecule is CCN(CC1CC1)CC1(CBr)CCCC1. The number of hydrogen-bond donors (Lipinski definition) is 0. The van der Waals surface area contributed by atoms with Crippen molar-refractivity contribution in [2.75, 3.05) is 25.0 Å². The lowest BCUT2D eigenvalue weighted by Crippen LogP contribution is -2.38. The molecule has 0 aliphatic heterocycles. The van der Waals surface area contributed by atoms with E-state index in [0.29, 0.717) is 5.41 Å². The summed E-state index contributed by atoms with van der Waals surface area (Å²) in [5, 5.41) is 1.21. The molecule has 2 rings (SSSR count). The third-order valence-corrected chi connectivity index (χ3v) is 5.36. The van der Waals surface area contributed by atoms with Crippen molar-refractivity contribution in [1.82, 2.24) is 4.90 Å². The molecule has 2 heteroatoms. The molecule has 88 valence electrons. The first-order chi connectivity index (χ1) is 7.28. The van der Waals surface area contributed by atoms with Gasteiger partial charge in [0, 0.05) is 18.4 Å². The highest BCUT2D eigenvalue weighted by molar-refractivity contribution is 9.09. The Balaban J connectivity index is 1.84. The van der Waals surface area contributed by atoms with Crippen LogP contribution < -0.4 is 0 Å². The summed E-state index contributed by atoms with van der Waals surface area (Å²) in [7, 11) is 0. The van der Waals surface area contributed by atoms with Crippen molar-refractivity contribution in [3.63, 3.8) is 0 Å². The molecule has 2 aliphatic rings. The first-order valence-corrected chi connectivity index (χ1v) is 7.68. The fourth-order valence-corrected chi connectivity index (χ4v) is 3.64. The largest absolute Gasteiger partial charge is 0.303 e. The monoisotopic (exact) mass is 273 g/mol. The fraction of sp³-hybridized carbons (Fsp3) is 1.00. The van der Waals surface area contributed by atoms with Crippen LogP contribution in [0, 0.1) is 11.3 Å². The number of rotatable bonds is 6. The molecule has 0 amide bonds. The van der Waals surface area contributed by atoms with Crippen LogP contribution >= 0.6 is 15.9 Å². The summed E-state index contributed by atoms with van der Waals surface area (Å²) in [5.74, 6) is 1.04. The van der Waals surface area contributed by atoms with Gasteiger partial charge in [0.25, 0.3) is 0 Å². The number of hydrogen-bond acceptors (Lipinski definition) is 1. The molecular weight excluding hydrogens is 250 g/mol. The Morgan fingerprint density at radius 3 is 2.40 bits per heavy atom. The minimum atomic E-state index is 0.616. The van der Waals surface area contributed by atoms with Gasteiger partial charge in [0.05, 0.1) is 0 Å². The van der Waals surface area contributed by atoms with Gasteiger partial charge in [0.15, 0.2) is 0 Å². The molecule has 0 aromatic heterocycles. The molecule has 0 radical (unpaired) electrons. The van der Waals surface area contributed by atoms with Gasteiger partial charge in [-0.3, -0.25) is 0 Å². The van der Waals surface area contributed by atoms with Crippen molar-refractivity contribution in [3.8, 4) is 0 Å². The molecule has 15 heavy (non-hydrogen) atoms. The first kappa shape index (κ1) is 11.9. The number of alkyl halides is 1. The highest BCUT2D eigenvalue weighted by Crippen LogP contribution is 2.41.